The number of nitrogens with zero attached hydrogens (tertiary/aromatic N) is 2. The number of nitrogens with one attached hydrogen (secondary N) is 2. The Morgan fingerprint density at radius 1 is 1.30 bits per heavy atom. The second kappa shape index (κ2) is 6.71. The van der Waals surface area contributed by atoms with Crippen molar-refractivity contribution in [2.24, 2.45) is 5.10 Å². The second-order valence-electron chi connectivity index (χ2n) is 6.17. The lowest BCUT2D eigenvalue weighted by atomic mass is 10.1. The Balaban J connectivity index is 1.77. The molecule has 3 heterocycles. The number of thiophene rings is 1. The van der Waals surface area contributed by atoms with Gasteiger partial charge in [-0.25, -0.2) is 9.36 Å². The summed E-state index contributed by atoms with van der Waals surface area (Å²) in [5.74, 6) is -0.463. The number of hydrogen-bond acceptors (Lipinski definition) is 6. The number of aromatic nitrogens is 2. The molecule has 0 amide bonds. The van der Waals surface area contributed by atoms with Crippen LogP contribution in [0.2, 0.25) is 5.02 Å². The molecule has 3 aromatic rings. The van der Waals surface area contributed by atoms with Gasteiger partial charge in [-0.2, -0.15) is 5.10 Å². The Labute approximate surface area is 162 Å². The molecule has 0 saturated carbocycles. The summed E-state index contributed by atoms with van der Waals surface area (Å²) in [6, 6.07) is 10.4. The van der Waals surface area contributed by atoms with E-state index in [0.29, 0.717) is 22.8 Å². The summed E-state index contributed by atoms with van der Waals surface area (Å²) in [4.78, 5) is 29.2. The summed E-state index contributed by atoms with van der Waals surface area (Å²) < 4.78 is 1.01. The van der Waals surface area contributed by atoms with Gasteiger partial charge in [0.1, 0.15) is 5.56 Å². The minimum absolute atomic E-state index is 0.0298. The Morgan fingerprint density at radius 3 is 2.81 bits per heavy atom. The third-order valence-corrected chi connectivity index (χ3v) is 5.65. The highest BCUT2D eigenvalue weighted by Crippen LogP contribution is 2.30. The van der Waals surface area contributed by atoms with Crippen LogP contribution in [0.5, 0.6) is 5.88 Å². The number of hydrazone groups is 1. The Hall–Kier alpha value is -2.84. The van der Waals surface area contributed by atoms with E-state index < -0.39 is 17.1 Å². The molecule has 0 radical (unpaired) electrons. The van der Waals surface area contributed by atoms with Gasteiger partial charge in [0.15, 0.2) is 0 Å². The molecule has 1 aliphatic heterocycles. The topological polar surface area (TPSA) is 99.5 Å². The summed E-state index contributed by atoms with van der Waals surface area (Å²) in [6.07, 6.45) is 0.421. The van der Waals surface area contributed by atoms with E-state index in [9.17, 15) is 14.7 Å². The van der Waals surface area contributed by atoms with Crippen molar-refractivity contribution in [2.75, 3.05) is 0 Å². The van der Waals surface area contributed by atoms with E-state index in [1.807, 2.05) is 19.1 Å². The van der Waals surface area contributed by atoms with Gasteiger partial charge in [0, 0.05) is 21.2 Å². The highest BCUT2D eigenvalue weighted by molar-refractivity contribution is 7.12. The number of rotatable bonds is 3. The van der Waals surface area contributed by atoms with Crippen LogP contribution in [0.1, 0.15) is 27.8 Å². The Bertz CT molecular complexity index is 1180. The van der Waals surface area contributed by atoms with Crippen LogP contribution < -0.4 is 16.7 Å². The van der Waals surface area contributed by atoms with Gasteiger partial charge in [-0.05, 0) is 37.3 Å². The molecule has 1 aliphatic rings. The van der Waals surface area contributed by atoms with Crippen LogP contribution >= 0.6 is 22.9 Å². The maximum Gasteiger partial charge on any atom is 0.335 e. The summed E-state index contributed by atoms with van der Waals surface area (Å²) in [6.45, 7) is 2.02. The lowest BCUT2D eigenvalue weighted by molar-refractivity contribution is 0.429. The van der Waals surface area contributed by atoms with Crippen molar-refractivity contribution in [1.29, 1.82) is 0 Å². The number of hydrogen-bond donors (Lipinski definition) is 3. The van der Waals surface area contributed by atoms with Crippen LogP contribution in [-0.4, -0.2) is 20.4 Å². The predicted octanol–water partition coefficient (Wildman–Crippen LogP) is 2.69. The van der Waals surface area contributed by atoms with E-state index in [0.717, 1.165) is 9.44 Å². The zero-order valence-corrected chi connectivity index (χ0v) is 15.8. The first-order chi connectivity index (χ1) is 12.9. The van der Waals surface area contributed by atoms with Crippen molar-refractivity contribution in [3.63, 3.8) is 0 Å². The lowest BCUT2D eigenvalue weighted by Crippen LogP contribution is -2.33. The SMILES string of the molecule is Cc1ccc([C@H]2CC(c3c(O)n(-c4cccc(Cl)c4)c(=O)[nH]c3=O)=NN2)s1. The zero-order valence-electron chi connectivity index (χ0n) is 14.2. The summed E-state index contributed by atoms with van der Waals surface area (Å²) in [5, 5.41) is 15.3. The average molecular weight is 403 g/mol. The summed E-state index contributed by atoms with van der Waals surface area (Å²) >= 11 is 7.63. The maximum absolute atomic E-state index is 12.4. The molecule has 138 valence electrons. The average Bonchev–Trinajstić information content (AvgIpc) is 3.24. The molecule has 7 nitrogen and oxygen atoms in total. The van der Waals surface area contributed by atoms with Crippen LogP contribution in [0.25, 0.3) is 5.69 Å². The lowest BCUT2D eigenvalue weighted by Gasteiger charge is -2.11. The molecule has 0 unspecified atom stereocenters. The number of aromatic hydroxyl groups is 1. The first-order valence-corrected chi connectivity index (χ1v) is 9.36. The molecule has 1 atom stereocenters. The second-order valence-corrected chi connectivity index (χ2v) is 7.92. The predicted molar refractivity (Wildman–Crippen MR) is 105 cm³/mol. The van der Waals surface area contributed by atoms with Crippen molar-refractivity contribution >= 4 is 28.6 Å². The fourth-order valence-electron chi connectivity index (χ4n) is 3.04. The van der Waals surface area contributed by atoms with Crippen molar-refractivity contribution in [3.8, 4) is 11.6 Å². The number of H-pyrrole nitrogens is 1. The smallest absolute Gasteiger partial charge is 0.335 e. The van der Waals surface area contributed by atoms with Crippen LogP contribution in [0.3, 0.4) is 0 Å². The minimum Gasteiger partial charge on any atom is -0.493 e. The molecular weight excluding hydrogens is 388 g/mol. The van der Waals surface area contributed by atoms with Gasteiger partial charge < -0.3 is 10.5 Å². The van der Waals surface area contributed by atoms with Crippen molar-refractivity contribution < 1.29 is 5.11 Å². The number of aryl methyl sites for hydroxylation is 1. The van der Waals surface area contributed by atoms with Crippen molar-refractivity contribution in [2.45, 2.75) is 19.4 Å². The van der Waals surface area contributed by atoms with Gasteiger partial charge in [-0.15, -0.1) is 11.3 Å². The minimum atomic E-state index is -0.750. The molecule has 0 bridgehead atoms. The molecule has 1 aromatic carbocycles. The van der Waals surface area contributed by atoms with E-state index in [1.165, 1.54) is 10.9 Å². The number of aromatic amines is 1. The molecule has 4 rings (SSSR count). The van der Waals surface area contributed by atoms with Gasteiger partial charge in [0.05, 0.1) is 17.4 Å². The summed E-state index contributed by atoms with van der Waals surface area (Å²) in [5.41, 5.74) is 2.27. The van der Waals surface area contributed by atoms with Crippen LogP contribution in [0, 0.1) is 6.92 Å². The fourth-order valence-corrected chi connectivity index (χ4v) is 4.15. The van der Waals surface area contributed by atoms with E-state index in [2.05, 4.69) is 15.5 Å². The largest absolute Gasteiger partial charge is 0.493 e. The maximum atomic E-state index is 12.4. The monoisotopic (exact) mass is 402 g/mol. The third kappa shape index (κ3) is 3.17. The molecule has 0 saturated heterocycles. The van der Waals surface area contributed by atoms with Gasteiger partial charge in [0.25, 0.3) is 5.56 Å². The van der Waals surface area contributed by atoms with E-state index in [1.54, 1.807) is 29.5 Å². The summed E-state index contributed by atoms with van der Waals surface area (Å²) in [7, 11) is 0. The van der Waals surface area contributed by atoms with Crippen molar-refractivity contribution in [3.05, 3.63) is 77.6 Å². The molecule has 9 heteroatoms. The number of benzene rings is 1. The van der Waals surface area contributed by atoms with Gasteiger partial charge in [-0.1, -0.05) is 17.7 Å². The quantitative estimate of drug-likeness (QED) is 0.627. The highest BCUT2D eigenvalue weighted by atomic mass is 35.5. The van der Waals surface area contributed by atoms with Crippen LogP contribution in [0.4, 0.5) is 0 Å². The molecule has 0 aliphatic carbocycles. The molecule has 3 N–H and O–H groups in total. The van der Waals surface area contributed by atoms with E-state index >= 15 is 0 Å². The molecular formula is C18H15ClN4O3S. The van der Waals surface area contributed by atoms with Gasteiger partial charge in [0.2, 0.25) is 5.88 Å². The molecule has 0 fully saturated rings. The Kier molecular flexibility index (Phi) is 4.37. The first kappa shape index (κ1) is 17.6. The zero-order chi connectivity index (χ0) is 19.1. The van der Waals surface area contributed by atoms with E-state index in [-0.39, 0.29) is 11.6 Å². The highest BCUT2D eigenvalue weighted by Gasteiger charge is 2.28. The molecule has 2 aromatic heterocycles. The van der Waals surface area contributed by atoms with Crippen LogP contribution in [-0.2, 0) is 0 Å². The van der Waals surface area contributed by atoms with Crippen LogP contribution in [0.15, 0.2) is 51.1 Å². The Morgan fingerprint density at radius 2 is 2.11 bits per heavy atom. The van der Waals surface area contributed by atoms with E-state index in [4.69, 9.17) is 11.6 Å². The van der Waals surface area contributed by atoms with Gasteiger partial charge >= 0.3 is 5.69 Å². The first-order valence-electron chi connectivity index (χ1n) is 8.17. The van der Waals surface area contributed by atoms with Crippen molar-refractivity contribution in [1.82, 2.24) is 15.0 Å². The fraction of sp³-hybridized carbons (Fsp3) is 0.167. The normalized spacial score (nSPS) is 16.2. The molecule has 27 heavy (non-hydrogen) atoms. The third-order valence-electron chi connectivity index (χ3n) is 4.30. The molecule has 0 spiro atoms. The number of halogens is 1. The standard InChI is InChI=1S/C18H15ClN4O3S/c1-9-5-6-14(27-9)12-8-13(22-21-12)15-16(24)20-18(26)23(17(15)25)11-4-2-3-10(19)7-11/h2-7,12,21,25H,8H2,1H3,(H,20,24,26)/t12-/m1/s1. The van der Waals surface area contributed by atoms with Gasteiger partial charge in [-0.3, -0.25) is 9.78 Å².